The van der Waals surface area contributed by atoms with Gasteiger partial charge in [0.05, 0.1) is 43.5 Å². The monoisotopic (exact) mass is 880 g/mol. The number of anilines is 1. The van der Waals surface area contributed by atoms with Crippen LogP contribution in [-0.4, -0.2) is 66.7 Å². The zero-order chi connectivity index (χ0) is 27.6. The van der Waals surface area contributed by atoms with Crippen molar-refractivity contribution >= 4 is 122 Å². The van der Waals surface area contributed by atoms with E-state index >= 15 is 0 Å². The summed E-state index contributed by atoms with van der Waals surface area (Å²) in [4.78, 5) is 71.5. The second-order valence-corrected chi connectivity index (χ2v) is 10.2. The van der Waals surface area contributed by atoms with Crippen LogP contribution in [0.4, 0.5) is 5.69 Å². The van der Waals surface area contributed by atoms with Gasteiger partial charge in [0.15, 0.2) is 6.10 Å². The number of amides is 2. The zero-order valence-electron chi connectivity index (χ0n) is 19.8. The lowest BCUT2D eigenvalue weighted by Gasteiger charge is -2.20. The maximum Gasteiger partial charge on any atom is 0.337 e. The summed E-state index contributed by atoms with van der Waals surface area (Å²) in [6.45, 7) is 3.62. The van der Waals surface area contributed by atoms with Gasteiger partial charge in [-0.2, -0.15) is 0 Å². The van der Waals surface area contributed by atoms with Gasteiger partial charge in [-0.3, -0.25) is 24.0 Å². The van der Waals surface area contributed by atoms with Gasteiger partial charge in [0.2, 0.25) is 5.91 Å². The lowest BCUT2D eigenvalue weighted by Crippen LogP contribution is -2.38. The Kier molecular flexibility index (Phi) is 16.5. The number of aromatic carboxylic acids is 1. The summed E-state index contributed by atoms with van der Waals surface area (Å²) in [5.41, 5.74) is -0.118. The molecule has 0 spiro atoms. The van der Waals surface area contributed by atoms with Crippen LogP contribution >= 0.6 is 80.2 Å². The van der Waals surface area contributed by atoms with Crippen molar-refractivity contribution in [3.05, 3.63) is 21.8 Å². The fraction of sp³-hybridized carbons (Fsp3) is 0.429. The highest BCUT2D eigenvalue weighted by Gasteiger charge is 2.29. The van der Waals surface area contributed by atoms with Gasteiger partial charge in [0.25, 0.3) is 5.91 Å². The van der Waals surface area contributed by atoms with Crippen molar-refractivity contribution in [2.24, 2.45) is 0 Å². The van der Waals surface area contributed by atoms with Gasteiger partial charge in [-0.15, -0.1) is 12.4 Å². The first-order valence-corrected chi connectivity index (χ1v) is 13.5. The number of carboxylic acids is 1. The maximum absolute atomic E-state index is 13.1. The largest absolute Gasteiger partial charge is 0.478 e. The molecule has 1 atom stereocenters. The molecule has 206 valence electrons. The number of ether oxygens (including phenoxy) is 3. The topological polar surface area (TPSA) is 174 Å². The standard InChI is InChI=1S/C21H23I3N2O10.ClH/c1-4-34-13(30)6-5-12(29)26-19-17(23)14(16(22)15(18(19)24)21(32)33)20(31)25-7-11(36-10(3)28)8-35-9(2)27;/h11H,4-8H2,1-3H3,(H,25,31)(H,26,29)(H,32,33);1H. The van der Waals surface area contributed by atoms with E-state index in [0.29, 0.717) is 0 Å². The number of esters is 3. The second-order valence-electron chi connectivity index (χ2n) is 6.97. The van der Waals surface area contributed by atoms with Crippen molar-refractivity contribution in [2.75, 3.05) is 25.1 Å². The van der Waals surface area contributed by atoms with Crippen LogP contribution in [0.1, 0.15) is 54.3 Å². The first kappa shape index (κ1) is 35.5. The molecular formula is C21H24ClI3N2O10. The van der Waals surface area contributed by atoms with Crippen molar-refractivity contribution in [3.63, 3.8) is 0 Å². The minimum atomic E-state index is -1.32. The van der Waals surface area contributed by atoms with Crippen LogP contribution in [-0.2, 0) is 33.4 Å². The van der Waals surface area contributed by atoms with Crippen LogP contribution in [0.25, 0.3) is 0 Å². The first-order chi connectivity index (χ1) is 16.8. The molecular weight excluding hydrogens is 856 g/mol. The lowest BCUT2D eigenvalue weighted by atomic mass is 10.1. The highest BCUT2D eigenvalue weighted by molar-refractivity contribution is 14.1. The minimum Gasteiger partial charge on any atom is -0.478 e. The van der Waals surface area contributed by atoms with Crippen LogP contribution < -0.4 is 10.6 Å². The molecule has 0 bridgehead atoms. The third-order valence-corrected chi connectivity index (χ3v) is 7.42. The van der Waals surface area contributed by atoms with E-state index < -0.39 is 41.8 Å². The van der Waals surface area contributed by atoms with Crippen molar-refractivity contribution < 1.29 is 48.1 Å². The highest BCUT2D eigenvalue weighted by Crippen LogP contribution is 2.36. The Labute approximate surface area is 259 Å². The number of hydrogen-bond donors (Lipinski definition) is 3. The van der Waals surface area contributed by atoms with E-state index in [1.54, 1.807) is 52.1 Å². The lowest BCUT2D eigenvalue weighted by molar-refractivity contribution is -0.155. The van der Waals surface area contributed by atoms with Gasteiger partial charge in [-0.05, 0) is 74.7 Å². The van der Waals surface area contributed by atoms with Gasteiger partial charge >= 0.3 is 23.9 Å². The van der Waals surface area contributed by atoms with Crippen LogP contribution in [0.2, 0.25) is 0 Å². The normalized spacial score (nSPS) is 10.9. The van der Waals surface area contributed by atoms with Gasteiger partial charge in [0, 0.05) is 23.8 Å². The van der Waals surface area contributed by atoms with E-state index in [1.807, 2.05) is 22.6 Å². The second kappa shape index (κ2) is 17.2. The van der Waals surface area contributed by atoms with Gasteiger partial charge in [-0.1, -0.05) is 0 Å². The molecule has 0 aromatic heterocycles. The molecule has 2 amide bonds. The quantitative estimate of drug-likeness (QED) is 0.161. The molecule has 1 rings (SSSR count). The Balaban J connectivity index is 0.0000130. The molecule has 37 heavy (non-hydrogen) atoms. The van der Waals surface area contributed by atoms with E-state index in [9.17, 15) is 33.9 Å². The number of nitrogens with one attached hydrogen (secondary N) is 2. The fourth-order valence-corrected chi connectivity index (χ4v) is 7.07. The number of carbonyl (C=O) groups excluding carboxylic acids is 5. The summed E-state index contributed by atoms with van der Waals surface area (Å²) < 4.78 is 15.3. The first-order valence-electron chi connectivity index (χ1n) is 10.3. The Morgan fingerprint density at radius 1 is 0.892 bits per heavy atom. The predicted octanol–water partition coefficient (Wildman–Crippen LogP) is 3.13. The van der Waals surface area contributed by atoms with Gasteiger partial charge in [0.1, 0.15) is 6.61 Å². The Bertz CT molecular complexity index is 1070. The summed E-state index contributed by atoms with van der Waals surface area (Å²) in [5, 5.41) is 14.9. The number of benzene rings is 1. The van der Waals surface area contributed by atoms with Gasteiger partial charge in [-0.25, -0.2) is 4.79 Å². The molecule has 0 heterocycles. The fourth-order valence-electron chi connectivity index (χ4n) is 2.69. The SMILES string of the molecule is CCOC(=O)CCC(=O)Nc1c(I)c(C(=O)O)c(I)c(C(=O)NCC(COC(C)=O)OC(C)=O)c1I.Cl. The van der Waals surface area contributed by atoms with Crippen LogP contribution in [0.3, 0.4) is 0 Å². The average molecular weight is 881 g/mol. The Morgan fingerprint density at radius 3 is 2.00 bits per heavy atom. The third kappa shape index (κ3) is 11.4. The van der Waals surface area contributed by atoms with E-state index in [-0.39, 0.29) is 72.5 Å². The molecule has 0 aliphatic carbocycles. The number of rotatable bonds is 12. The molecule has 0 fully saturated rings. The predicted molar refractivity (Wildman–Crippen MR) is 158 cm³/mol. The van der Waals surface area contributed by atoms with E-state index in [0.717, 1.165) is 6.92 Å². The average Bonchev–Trinajstić information content (AvgIpc) is 2.76. The van der Waals surface area contributed by atoms with E-state index in [4.69, 9.17) is 14.2 Å². The number of hydrogen-bond acceptors (Lipinski definition) is 9. The summed E-state index contributed by atoms with van der Waals surface area (Å²) >= 11 is 5.31. The molecule has 0 aliphatic rings. The van der Waals surface area contributed by atoms with E-state index in [2.05, 4.69) is 10.6 Å². The molecule has 12 nitrogen and oxygen atoms in total. The van der Waals surface area contributed by atoms with Crippen LogP contribution in [0.15, 0.2) is 0 Å². The highest BCUT2D eigenvalue weighted by atomic mass is 127. The number of carbonyl (C=O) groups is 6. The van der Waals surface area contributed by atoms with Crippen LogP contribution in [0, 0.1) is 10.7 Å². The van der Waals surface area contributed by atoms with Gasteiger partial charge < -0.3 is 30.0 Å². The van der Waals surface area contributed by atoms with Crippen molar-refractivity contribution in [2.45, 2.75) is 39.7 Å². The van der Waals surface area contributed by atoms with Crippen molar-refractivity contribution in [1.82, 2.24) is 5.32 Å². The molecule has 1 aromatic carbocycles. The van der Waals surface area contributed by atoms with E-state index in [1.165, 1.54) is 6.92 Å². The Morgan fingerprint density at radius 2 is 1.49 bits per heavy atom. The summed E-state index contributed by atoms with van der Waals surface area (Å²) in [6, 6.07) is 0. The smallest absolute Gasteiger partial charge is 0.337 e. The Hall–Kier alpha value is -1.48. The van der Waals surface area contributed by atoms with Crippen molar-refractivity contribution in [3.8, 4) is 0 Å². The third-order valence-electron chi connectivity index (χ3n) is 4.18. The molecule has 0 radical (unpaired) electrons. The molecule has 1 unspecified atom stereocenters. The molecule has 0 saturated carbocycles. The molecule has 1 aromatic rings. The molecule has 3 N–H and O–H groups in total. The molecule has 0 aliphatic heterocycles. The number of halogens is 4. The maximum atomic E-state index is 13.1. The number of carboxylic acid groups (broad SMARTS) is 1. The summed E-state index contributed by atoms with van der Waals surface area (Å²) in [5.74, 6) is -4.40. The summed E-state index contributed by atoms with van der Waals surface area (Å²) in [6.07, 6.45) is -1.35. The summed E-state index contributed by atoms with van der Waals surface area (Å²) in [7, 11) is 0. The van der Waals surface area contributed by atoms with Crippen LogP contribution in [0.5, 0.6) is 0 Å². The zero-order valence-corrected chi connectivity index (χ0v) is 27.1. The molecule has 0 saturated heterocycles. The molecule has 16 heteroatoms. The minimum absolute atomic E-state index is 0. The van der Waals surface area contributed by atoms with Crippen molar-refractivity contribution in [1.29, 1.82) is 0 Å².